The average molecular weight is 625 g/mol. The van der Waals surface area contributed by atoms with E-state index < -0.39 is 38.7 Å². The van der Waals surface area contributed by atoms with Gasteiger partial charge in [0, 0.05) is 43.0 Å². The van der Waals surface area contributed by atoms with Crippen LogP contribution in [0.2, 0.25) is 5.02 Å². The first-order valence-electron chi connectivity index (χ1n) is 13.2. The first-order valence-corrected chi connectivity index (χ1v) is 15.0. The molecule has 3 heterocycles. The lowest BCUT2D eigenvalue weighted by molar-refractivity contribution is -0.138. The van der Waals surface area contributed by atoms with E-state index in [9.17, 15) is 26.4 Å². The number of carboxylic acids is 1. The van der Waals surface area contributed by atoms with E-state index >= 15 is 0 Å². The molecular formula is C28H28ClF3N4O5S. The minimum absolute atomic E-state index is 0.0689. The quantitative estimate of drug-likeness (QED) is 0.374. The number of piperazine rings is 1. The fraction of sp³-hybridized carbons (Fsp3) is 0.357. The Morgan fingerprint density at radius 2 is 1.90 bits per heavy atom. The number of anilines is 2. The number of pyridine rings is 1. The van der Waals surface area contributed by atoms with Crippen molar-refractivity contribution in [1.29, 1.82) is 0 Å². The molecular weight excluding hydrogens is 597 g/mol. The summed E-state index contributed by atoms with van der Waals surface area (Å²) in [6, 6.07) is 9.97. The maximum Gasteiger partial charge on any atom is 0.416 e. The van der Waals surface area contributed by atoms with Crippen molar-refractivity contribution in [3.05, 3.63) is 65.3 Å². The topological polar surface area (TPSA) is 103 Å². The lowest BCUT2D eigenvalue weighted by Crippen LogP contribution is -2.61. The zero-order valence-electron chi connectivity index (χ0n) is 22.5. The summed E-state index contributed by atoms with van der Waals surface area (Å²) in [5, 5.41) is 9.52. The van der Waals surface area contributed by atoms with E-state index in [1.54, 1.807) is 30.5 Å². The maximum atomic E-state index is 14.0. The molecule has 1 saturated heterocycles. The zero-order valence-corrected chi connectivity index (χ0v) is 24.1. The second kappa shape index (κ2) is 11.6. The summed E-state index contributed by atoms with van der Waals surface area (Å²) in [6.07, 6.45) is -3.20. The van der Waals surface area contributed by atoms with Gasteiger partial charge in [-0.2, -0.15) is 13.2 Å². The van der Waals surface area contributed by atoms with E-state index in [0.29, 0.717) is 60.0 Å². The van der Waals surface area contributed by atoms with Gasteiger partial charge in [0.2, 0.25) is 0 Å². The second-order valence-corrected chi connectivity index (χ2v) is 12.3. The van der Waals surface area contributed by atoms with Crippen LogP contribution in [0.25, 0.3) is 11.1 Å². The highest BCUT2D eigenvalue weighted by atomic mass is 35.5. The van der Waals surface area contributed by atoms with Crippen LogP contribution in [0.5, 0.6) is 5.75 Å². The van der Waals surface area contributed by atoms with Crippen molar-refractivity contribution in [3.63, 3.8) is 0 Å². The minimum atomic E-state index is -4.73. The molecule has 0 amide bonds. The number of halogens is 4. The molecule has 5 rings (SSSR count). The number of carboxylic acid groups (broad SMARTS) is 1. The predicted molar refractivity (Wildman–Crippen MR) is 152 cm³/mol. The van der Waals surface area contributed by atoms with Crippen LogP contribution in [-0.2, 0) is 21.0 Å². The van der Waals surface area contributed by atoms with Crippen molar-refractivity contribution < 1.29 is 36.2 Å². The van der Waals surface area contributed by atoms with Gasteiger partial charge < -0.3 is 14.7 Å². The summed E-state index contributed by atoms with van der Waals surface area (Å²) in [4.78, 5) is 19.2. The number of alkyl halides is 3. The van der Waals surface area contributed by atoms with Crippen molar-refractivity contribution >= 4 is 39.1 Å². The smallest absolute Gasteiger partial charge is 0.416 e. The Bertz CT molecular complexity index is 1600. The summed E-state index contributed by atoms with van der Waals surface area (Å²) >= 11 is 6.31. The molecule has 1 atom stereocenters. The van der Waals surface area contributed by atoms with Gasteiger partial charge in [0.15, 0.2) is 5.82 Å². The van der Waals surface area contributed by atoms with E-state index in [1.807, 2.05) is 16.7 Å². The van der Waals surface area contributed by atoms with Gasteiger partial charge in [-0.05, 0) is 55.0 Å². The highest BCUT2D eigenvalue weighted by molar-refractivity contribution is 7.92. The van der Waals surface area contributed by atoms with Gasteiger partial charge in [-0.1, -0.05) is 17.7 Å². The van der Waals surface area contributed by atoms with Crippen LogP contribution in [0.3, 0.4) is 0 Å². The molecule has 1 fully saturated rings. The lowest BCUT2D eigenvalue weighted by Gasteiger charge is -2.48. The number of carbonyl (C=O) groups is 1. The van der Waals surface area contributed by atoms with Gasteiger partial charge in [0.1, 0.15) is 5.75 Å². The number of ether oxygens (including phenoxy) is 1. The fourth-order valence-corrected chi connectivity index (χ4v) is 7.04. The normalized spacial score (nSPS) is 17.5. The maximum absolute atomic E-state index is 14.0. The van der Waals surface area contributed by atoms with E-state index in [1.165, 1.54) is 0 Å². The minimum Gasteiger partial charge on any atom is -0.494 e. The summed E-state index contributed by atoms with van der Waals surface area (Å²) in [7, 11) is -4.47. The van der Waals surface area contributed by atoms with Crippen LogP contribution in [0.4, 0.5) is 24.7 Å². The van der Waals surface area contributed by atoms with E-state index in [-0.39, 0.29) is 25.2 Å². The van der Waals surface area contributed by atoms with Crippen molar-refractivity contribution in [3.8, 4) is 16.9 Å². The number of aromatic nitrogens is 1. The highest BCUT2D eigenvalue weighted by Gasteiger charge is 2.41. The van der Waals surface area contributed by atoms with Crippen LogP contribution in [0, 0.1) is 0 Å². The number of rotatable bonds is 8. The van der Waals surface area contributed by atoms with Gasteiger partial charge in [-0.3, -0.25) is 14.0 Å². The number of benzene rings is 2. The molecule has 2 aliphatic rings. The molecule has 1 N–H and O–H groups in total. The van der Waals surface area contributed by atoms with E-state index in [2.05, 4.69) is 4.98 Å². The Hall–Kier alpha value is -3.55. The molecule has 2 aliphatic heterocycles. The van der Waals surface area contributed by atoms with Crippen LogP contribution < -0.4 is 13.9 Å². The van der Waals surface area contributed by atoms with Gasteiger partial charge in [0.25, 0.3) is 10.0 Å². The SMILES string of the molecule is CCOc1cc(Cl)cc(-c2cnc3c(c2)N(S(=O)(=O)c2cccc(C(F)(F)F)c2)C[C@@H]2CN(CCC(=O)O)CCN32)c1. The number of fused-ring (bicyclic) bond motifs is 3. The van der Waals surface area contributed by atoms with Crippen LogP contribution in [0.15, 0.2) is 59.6 Å². The number of nitrogens with zero attached hydrogens (tertiary/aromatic N) is 4. The number of hydrogen-bond donors (Lipinski definition) is 1. The van der Waals surface area contributed by atoms with Gasteiger partial charge in [0.05, 0.1) is 41.8 Å². The summed E-state index contributed by atoms with van der Waals surface area (Å²) < 4.78 is 75.2. The molecule has 1 aromatic heterocycles. The standard InChI is InChI=1S/C28H28ClF3N4O5S/c1-2-41-23-11-18(10-21(29)14-23)19-12-25-27(33-15-19)35-9-8-34(7-6-26(37)38)16-22(35)17-36(25)42(39,40)24-5-3-4-20(13-24)28(30,31)32/h3-5,10-15,22H,2,6-9,16-17H2,1H3,(H,37,38)/t22-/m0/s1. The largest absolute Gasteiger partial charge is 0.494 e. The van der Waals surface area contributed by atoms with Crippen molar-refractivity contribution in [2.75, 3.05) is 48.5 Å². The Morgan fingerprint density at radius 1 is 1.12 bits per heavy atom. The second-order valence-electron chi connectivity index (χ2n) is 10.0. The van der Waals surface area contributed by atoms with Crippen molar-refractivity contribution in [2.24, 2.45) is 0 Å². The highest BCUT2D eigenvalue weighted by Crippen LogP contribution is 2.42. The first-order chi connectivity index (χ1) is 19.9. The molecule has 0 unspecified atom stereocenters. The third-order valence-electron chi connectivity index (χ3n) is 7.24. The molecule has 2 aromatic carbocycles. The molecule has 9 nitrogen and oxygen atoms in total. The van der Waals surface area contributed by atoms with Crippen molar-refractivity contribution in [2.45, 2.75) is 30.5 Å². The summed E-state index contributed by atoms with van der Waals surface area (Å²) in [5.74, 6) is -0.0536. The monoisotopic (exact) mass is 624 g/mol. The molecule has 14 heteroatoms. The van der Waals surface area contributed by atoms with Gasteiger partial charge in [-0.15, -0.1) is 0 Å². The number of aliphatic carboxylic acids is 1. The summed E-state index contributed by atoms with van der Waals surface area (Å²) in [6.45, 7) is 3.82. The Morgan fingerprint density at radius 3 is 2.62 bits per heavy atom. The molecule has 0 bridgehead atoms. The predicted octanol–water partition coefficient (Wildman–Crippen LogP) is 4.99. The van der Waals surface area contributed by atoms with E-state index in [0.717, 1.165) is 22.5 Å². The molecule has 0 saturated carbocycles. The molecule has 0 aliphatic carbocycles. The van der Waals surface area contributed by atoms with Crippen LogP contribution in [-0.4, -0.2) is 74.8 Å². The van der Waals surface area contributed by atoms with Crippen LogP contribution >= 0.6 is 11.6 Å². The molecule has 3 aromatic rings. The Balaban J connectivity index is 1.60. The summed E-state index contributed by atoms with van der Waals surface area (Å²) in [5.41, 5.74) is 0.311. The molecule has 224 valence electrons. The number of hydrogen-bond acceptors (Lipinski definition) is 7. The first kappa shape index (κ1) is 29.9. The third kappa shape index (κ3) is 6.13. The molecule has 0 radical (unpaired) electrons. The van der Waals surface area contributed by atoms with Gasteiger partial charge >= 0.3 is 12.1 Å². The average Bonchev–Trinajstić information content (AvgIpc) is 2.94. The van der Waals surface area contributed by atoms with E-state index in [4.69, 9.17) is 21.4 Å². The lowest BCUT2D eigenvalue weighted by atomic mass is 10.0. The fourth-order valence-electron chi connectivity index (χ4n) is 5.28. The Kier molecular flexibility index (Phi) is 8.28. The molecule has 0 spiro atoms. The zero-order chi connectivity index (χ0) is 30.2. The van der Waals surface area contributed by atoms with Gasteiger partial charge in [-0.25, -0.2) is 13.4 Å². The van der Waals surface area contributed by atoms with Crippen molar-refractivity contribution in [1.82, 2.24) is 9.88 Å². The third-order valence-corrected chi connectivity index (χ3v) is 9.23. The van der Waals surface area contributed by atoms with Crippen LogP contribution in [0.1, 0.15) is 18.9 Å². The number of sulfonamides is 1. The molecule has 42 heavy (non-hydrogen) atoms. The Labute approximate surface area is 246 Å².